The van der Waals surface area contributed by atoms with Gasteiger partial charge < -0.3 is 14.8 Å². The molecule has 1 aliphatic rings. The van der Waals surface area contributed by atoms with E-state index in [9.17, 15) is 4.39 Å². The minimum absolute atomic E-state index is 0.214. The van der Waals surface area contributed by atoms with Crippen LogP contribution in [0.15, 0.2) is 18.2 Å². The molecule has 106 valence electrons. The maximum Gasteiger partial charge on any atom is 0.123 e. The van der Waals surface area contributed by atoms with Crippen LogP contribution in [-0.2, 0) is 11.3 Å². The number of benzene rings is 1. The Hall–Kier alpha value is -1.13. The Bertz CT molecular complexity index is 394. The van der Waals surface area contributed by atoms with Gasteiger partial charge in [-0.2, -0.15) is 0 Å². The second kappa shape index (κ2) is 7.46. The van der Waals surface area contributed by atoms with Crippen molar-refractivity contribution in [2.45, 2.75) is 38.8 Å². The molecular formula is C15H22FNO2. The van der Waals surface area contributed by atoms with Crippen LogP contribution in [-0.4, -0.2) is 25.9 Å². The van der Waals surface area contributed by atoms with Gasteiger partial charge in [-0.3, -0.25) is 0 Å². The molecule has 4 heteroatoms. The van der Waals surface area contributed by atoms with Crippen LogP contribution in [0.25, 0.3) is 0 Å². The van der Waals surface area contributed by atoms with E-state index in [0.717, 1.165) is 24.3 Å². The highest BCUT2D eigenvalue weighted by Gasteiger charge is 2.20. The zero-order valence-electron chi connectivity index (χ0n) is 11.5. The Morgan fingerprint density at radius 3 is 2.89 bits per heavy atom. The zero-order valence-corrected chi connectivity index (χ0v) is 11.5. The maximum atomic E-state index is 13.3. The lowest BCUT2D eigenvalue weighted by molar-refractivity contribution is 0.130. The quantitative estimate of drug-likeness (QED) is 0.698. The first-order chi connectivity index (χ1) is 9.29. The zero-order chi connectivity index (χ0) is 13.5. The van der Waals surface area contributed by atoms with Crippen molar-refractivity contribution in [1.29, 1.82) is 0 Å². The van der Waals surface area contributed by atoms with Crippen molar-refractivity contribution in [1.82, 2.24) is 5.32 Å². The summed E-state index contributed by atoms with van der Waals surface area (Å²) in [4.78, 5) is 0. The van der Waals surface area contributed by atoms with E-state index < -0.39 is 0 Å². The molecule has 1 aliphatic carbocycles. The first-order valence-electron chi connectivity index (χ1n) is 7.02. The molecule has 0 bridgehead atoms. The molecule has 2 rings (SSSR count). The van der Waals surface area contributed by atoms with Gasteiger partial charge in [0.05, 0.1) is 6.61 Å². The minimum atomic E-state index is -0.214. The van der Waals surface area contributed by atoms with Crippen molar-refractivity contribution < 1.29 is 13.9 Å². The van der Waals surface area contributed by atoms with Crippen molar-refractivity contribution >= 4 is 0 Å². The number of halogens is 1. The number of hydrogen-bond donors (Lipinski definition) is 1. The first kappa shape index (κ1) is 14.3. The summed E-state index contributed by atoms with van der Waals surface area (Å²) in [6.07, 6.45) is 3.29. The largest absolute Gasteiger partial charge is 0.493 e. The molecule has 3 nitrogen and oxygen atoms in total. The normalized spacial score (nSPS) is 14.6. The van der Waals surface area contributed by atoms with Crippen LogP contribution in [0.5, 0.6) is 5.75 Å². The average Bonchev–Trinajstić information content (AvgIpc) is 3.22. The fourth-order valence-electron chi connectivity index (χ4n) is 1.86. The topological polar surface area (TPSA) is 30.5 Å². The Morgan fingerprint density at radius 2 is 2.16 bits per heavy atom. The molecule has 1 saturated carbocycles. The maximum absolute atomic E-state index is 13.3. The van der Waals surface area contributed by atoms with E-state index in [1.807, 2.05) is 6.92 Å². The van der Waals surface area contributed by atoms with Gasteiger partial charge in [0.2, 0.25) is 0 Å². The molecule has 1 N–H and O–H groups in total. The smallest absolute Gasteiger partial charge is 0.123 e. The summed E-state index contributed by atoms with van der Waals surface area (Å²) in [5, 5.41) is 3.38. The van der Waals surface area contributed by atoms with Crippen LogP contribution >= 0.6 is 0 Å². The summed E-state index contributed by atoms with van der Waals surface area (Å²) in [6, 6.07) is 5.31. The Balaban J connectivity index is 1.82. The predicted octanol–water partition coefficient (Wildman–Crippen LogP) is 2.88. The van der Waals surface area contributed by atoms with E-state index in [1.165, 1.54) is 18.9 Å². The molecule has 0 spiro atoms. The van der Waals surface area contributed by atoms with Gasteiger partial charge in [-0.15, -0.1) is 0 Å². The fourth-order valence-corrected chi connectivity index (χ4v) is 1.86. The number of nitrogens with one attached hydrogen (secondary N) is 1. The van der Waals surface area contributed by atoms with E-state index in [4.69, 9.17) is 9.47 Å². The highest BCUT2D eigenvalue weighted by Crippen LogP contribution is 2.23. The molecule has 0 atom stereocenters. The molecular weight excluding hydrogens is 245 g/mol. The van der Waals surface area contributed by atoms with Crippen molar-refractivity contribution in [3.05, 3.63) is 29.6 Å². The van der Waals surface area contributed by atoms with Crippen LogP contribution in [0.3, 0.4) is 0 Å². The van der Waals surface area contributed by atoms with Crippen molar-refractivity contribution in [2.75, 3.05) is 19.8 Å². The van der Waals surface area contributed by atoms with Crippen LogP contribution in [0.1, 0.15) is 31.7 Å². The van der Waals surface area contributed by atoms with E-state index in [2.05, 4.69) is 5.32 Å². The molecule has 0 radical (unpaired) electrons. The van der Waals surface area contributed by atoms with Gasteiger partial charge in [-0.1, -0.05) is 0 Å². The average molecular weight is 267 g/mol. The third kappa shape index (κ3) is 5.17. The van der Waals surface area contributed by atoms with Crippen LogP contribution < -0.4 is 10.1 Å². The lowest BCUT2D eigenvalue weighted by Gasteiger charge is -2.12. The van der Waals surface area contributed by atoms with E-state index in [-0.39, 0.29) is 5.82 Å². The second-order valence-corrected chi connectivity index (χ2v) is 4.81. The first-order valence-corrected chi connectivity index (χ1v) is 7.02. The predicted molar refractivity (Wildman–Crippen MR) is 72.9 cm³/mol. The monoisotopic (exact) mass is 267 g/mol. The summed E-state index contributed by atoms with van der Waals surface area (Å²) in [5.74, 6) is 0.556. The van der Waals surface area contributed by atoms with Gasteiger partial charge in [0.15, 0.2) is 0 Å². The Kier molecular flexibility index (Phi) is 5.61. The third-order valence-electron chi connectivity index (χ3n) is 3.08. The van der Waals surface area contributed by atoms with Crippen LogP contribution in [0, 0.1) is 5.82 Å². The van der Waals surface area contributed by atoms with Crippen LogP contribution in [0.4, 0.5) is 4.39 Å². The standard InChI is InChI=1S/C15H22FNO2/c1-2-18-8-3-9-19-15-7-4-13(16)10-12(15)11-17-14-5-6-14/h4,7,10,14,17H,2-3,5-6,8-9,11H2,1H3. The van der Waals surface area contributed by atoms with E-state index in [0.29, 0.717) is 25.8 Å². The van der Waals surface area contributed by atoms with Gasteiger partial charge in [0.1, 0.15) is 11.6 Å². The lowest BCUT2D eigenvalue weighted by Crippen LogP contribution is -2.16. The highest BCUT2D eigenvalue weighted by molar-refractivity contribution is 5.34. The number of hydrogen-bond acceptors (Lipinski definition) is 3. The molecule has 0 aromatic heterocycles. The summed E-state index contributed by atoms with van der Waals surface area (Å²) in [6.45, 7) is 4.67. The van der Waals surface area contributed by atoms with Crippen molar-refractivity contribution in [3.63, 3.8) is 0 Å². The molecule has 19 heavy (non-hydrogen) atoms. The molecule has 1 fully saturated rings. The number of ether oxygens (including phenoxy) is 2. The van der Waals surface area contributed by atoms with Gasteiger partial charge >= 0.3 is 0 Å². The SMILES string of the molecule is CCOCCCOc1ccc(F)cc1CNC1CC1. The van der Waals surface area contributed by atoms with Crippen LogP contribution in [0.2, 0.25) is 0 Å². The molecule has 0 heterocycles. The second-order valence-electron chi connectivity index (χ2n) is 4.81. The van der Waals surface area contributed by atoms with Gasteiger partial charge in [-0.25, -0.2) is 4.39 Å². The minimum Gasteiger partial charge on any atom is -0.493 e. The summed E-state index contributed by atoms with van der Waals surface area (Å²) < 4.78 is 24.2. The van der Waals surface area contributed by atoms with Gasteiger partial charge in [-0.05, 0) is 38.0 Å². The molecule has 0 unspecified atom stereocenters. The molecule has 1 aromatic carbocycles. The Morgan fingerprint density at radius 1 is 1.32 bits per heavy atom. The van der Waals surface area contributed by atoms with Gasteiger partial charge in [0.25, 0.3) is 0 Å². The summed E-state index contributed by atoms with van der Waals surface area (Å²) >= 11 is 0. The molecule has 0 amide bonds. The third-order valence-corrected chi connectivity index (χ3v) is 3.08. The molecule has 0 saturated heterocycles. The highest BCUT2D eigenvalue weighted by atomic mass is 19.1. The van der Waals surface area contributed by atoms with E-state index in [1.54, 1.807) is 12.1 Å². The van der Waals surface area contributed by atoms with Crippen molar-refractivity contribution in [3.8, 4) is 5.75 Å². The summed E-state index contributed by atoms with van der Waals surface area (Å²) in [7, 11) is 0. The van der Waals surface area contributed by atoms with Crippen molar-refractivity contribution in [2.24, 2.45) is 0 Å². The Labute approximate surface area is 114 Å². The lowest BCUT2D eigenvalue weighted by atomic mass is 10.2. The molecule has 1 aromatic rings. The fraction of sp³-hybridized carbons (Fsp3) is 0.600. The van der Waals surface area contributed by atoms with E-state index >= 15 is 0 Å². The summed E-state index contributed by atoms with van der Waals surface area (Å²) in [5.41, 5.74) is 0.892. The number of rotatable bonds is 9. The van der Waals surface area contributed by atoms with Gasteiger partial charge in [0, 0.05) is 37.8 Å². The molecule has 0 aliphatic heterocycles.